The molecule has 0 saturated carbocycles. The average Bonchev–Trinajstić information content (AvgIpc) is 2.59. The molecular formula is C10H15N3O2S2. The van der Waals surface area contributed by atoms with Gasteiger partial charge in [-0.05, 0) is 31.2 Å². The van der Waals surface area contributed by atoms with E-state index in [1.165, 1.54) is 11.3 Å². The van der Waals surface area contributed by atoms with Crippen molar-refractivity contribution in [2.75, 3.05) is 5.32 Å². The first kappa shape index (κ1) is 12.4. The molecule has 0 radical (unpaired) electrons. The first-order valence-corrected chi connectivity index (χ1v) is 7.75. The van der Waals surface area contributed by atoms with Crippen LogP contribution in [0.25, 0.3) is 0 Å². The van der Waals surface area contributed by atoms with Gasteiger partial charge >= 0.3 is 0 Å². The van der Waals surface area contributed by atoms with Crippen molar-refractivity contribution in [1.82, 2.24) is 5.32 Å². The molecule has 17 heavy (non-hydrogen) atoms. The summed E-state index contributed by atoms with van der Waals surface area (Å²) in [5.41, 5.74) is 1.68. The molecule has 2 heterocycles. The zero-order valence-electron chi connectivity index (χ0n) is 9.94. The predicted molar refractivity (Wildman–Crippen MR) is 70.2 cm³/mol. The van der Waals surface area contributed by atoms with E-state index < -0.39 is 10.0 Å². The van der Waals surface area contributed by atoms with E-state index in [1.807, 2.05) is 26.2 Å². The summed E-state index contributed by atoms with van der Waals surface area (Å²) < 4.78 is 27.9. The SMILES string of the molecule is CCc1csc2c1NC(NC(C)C)=NS2(=O)=O. The molecule has 0 saturated heterocycles. The van der Waals surface area contributed by atoms with Gasteiger partial charge in [0.25, 0.3) is 10.0 Å². The van der Waals surface area contributed by atoms with Crippen LogP contribution >= 0.6 is 11.3 Å². The summed E-state index contributed by atoms with van der Waals surface area (Å²) in [6.45, 7) is 5.86. The lowest BCUT2D eigenvalue weighted by Crippen LogP contribution is -2.38. The van der Waals surface area contributed by atoms with Gasteiger partial charge in [0.2, 0.25) is 5.96 Å². The quantitative estimate of drug-likeness (QED) is 0.861. The molecule has 0 amide bonds. The first-order chi connectivity index (χ1) is 7.94. The minimum atomic E-state index is -3.54. The number of sulfonamides is 1. The summed E-state index contributed by atoms with van der Waals surface area (Å²) in [5.74, 6) is 0.306. The number of hydrogen-bond donors (Lipinski definition) is 2. The molecule has 1 aromatic heterocycles. The van der Waals surface area contributed by atoms with Crippen LogP contribution in [0.3, 0.4) is 0 Å². The molecule has 0 unspecified atom stereocenters. The second kappa shape index (κ2) is 4.30. The van der Waals surface area contributed by atoms with E-state index in [0.29, 0.717) is 15.9 Å². The van der Waals surface area contributed by atoms with Crippen molar-refractivity contribution < 1.29 is 8.42 Å². The van der Waals surface area contributed by atoms with Crippen molar-refractivity contribution in [3.63, 3.8) is 0 Å². The minimum absolute atomic E-state index is 0.127. The molecule has 0 bridgehead atoms. The van der Waals surface area contributed by atoms with Crippen LogP contribution in [0.2, 0.25) is 0 Å². The van der Waals surface area contributed by atoms with Gasteiger partial charge in [-0.3, -0.25) is 0 Å². The van der Waals surface area contributed by atoms with Gasteiger partial charge in [-0.15, -0.1) is 15.7 Å². The fraction of sp³-hybridized carbons (Fsp3) is 0.500. The van der Waals surface area contributed by atoms with Crippen LogP contribution in [0, 0.1) is 0 Å². The van der Waals surface area contributed by atoms with Crippen LogP contribution < -0.4 is 10.6 Å². The maximum absolute atomic E-state index is 11.9. The second-order valence-electron chi connectivity index (χ2n) is 4.12. The molecule has 1 aromatic rings. The summed E-state index contributed by atoms with van der Waals surface area (Å²) in [4.78, 5) is 0. The Labute approximate surface area is 105 Å². The molecule has 0 fully saturated rings. The summed E-state index contributed by atoms with van der Waals surface area (Å²) in [5, 5.41) is 7.90. The zero-order chi connectivity index (χ0) is 12.6. The standard InChI is InChI=1S/C10H15N3O2S2/c1-4-7-5-16-9-8(7)12-10(11-6(2)3)13-17(9,14)15/h5-6H,4H2,1-3H3,(H2,11,12,13). The average molecular weight is 273 g/mol. The number of hydrogen-bond acceptors (Lipinski definition) is 5. The molecule has 2 rings (SSSR count). The van der Waals surface area contributed by atoms with Crippen LogP contribution in [0.15, 0.2) is 14.0 Å². The Morgan fingerprint density at radius 3 is 2.82 bits per heavy atom. The first-order valence-electron chi connectivity index (χ1n) is 5.43. The van der Waals surface area contributed by atoms with E-state index in [0.717, 1.165) is 12.0 Å². The van der Waals surface area contributed by atoms with Crippen LogP contribution in [-0.2, 0) is 16.4 Å². The summed E-state index contributed by atoms with van der Waals surface area (Å²) >= 11 is 1.22. The van der Waals surface area contributed by atoms with Crippen molar-refractivity contribution >= 4 is 33.0 Å². The largest absolute Gasteiger partial charge is 0.353 e. The van der Waals surface area contributed by atoms with Crippen LogP contribution in [0.4, 0.5) is 5.69 Å². The lowest BCUT2D eigenvalue weighted by atomic mass is 10.2. The molecule has 2 N–H and O–H groups in total. The lowest BCUT2D eigenvalue weighted by molar-refractivity contribution is 0.599. The highest BCUT2D eigenvalue weighted by atomic mass is 32.2. The monoisotopic (exact) mass is 273 g/mol. The summed E-state index contributed by atoms with van der Waals surface area (Å²) in [7, 11) is -3.54. The summed E-state index contributed by atoms with van der Waals surface area (Å²) in [6.07, 6.45) is 0.795. The number of nitrogens with one attached hydrogen (secondary N) is 2. The van der Waals surface area contributed by atoms with Crippen molar-refractivity contribution in [1.29, 1.82) is 0 Å². The van der Waals surface area contributed by atoms with Gasteiger partial charge in [0.05, 0.1) is 5.69 Å². The van der Waals surface area contributed by atoms with Crippen molar-refractivity contribution in [2.45, 2.75) is 37.4 Å². The van der Waals surface area contributed by atoms with Crippen LogP contribution in [-0.4, -0.2) is 20.4 Å². The van der Waals surface area contributed by atoms with Gasteiger partial charge in [-0.25, -0.2) is 0 Å². The number of rotatable bonds is 2. The Bertz CT molecular complexity index is 558. The number of fused-ring (bicyclic) bond motifs is 1. The Morgan fingerprint density at radius 2 is 2.24 bits per heavy atom. The molecule has 0 aromatic carbocycles. The highest BCUT2D eigenvalue weighted by molar-refractivity contribution is 7.92. The number of nitrogens with zero attached hydrogens (tertiary/aromatic N) is 1. The van der Waals surface area contributed by atoms with E-state index in [2.05, 4.69) is 15.0 Å². The lowest BCUT2D eigenvalue weighted by Gasteiger charge is -2.19. The predicted octanol–water partition coefficient (Wildman–Crippen LogP) is 1.78. The Hall–Kier alpha value is -1.08. The molecule has 5 nitrogen and oxygen atoms in total. The molecule has 1 aliphatic rings. The highest BCUT2D eigenvalue weighted by Gasteiger charge is 2.28. The maximum Gasteiger partial charge on any atom is 0.297 e. The normalized spacial score (nSPS) is 17.3. The topological polar surface area (TPSA) is 70.6 Å². The minimum Gasteiger partial charge on any atom is -0.353 e. The molecule has 1 aliphatic heterocycles. The molecular weight excluding hydrogens is 258 g/mol. The second-order valence-corrected chi connectivity index (χ2v) is 6.79. The molecule has 0 atom stereocenters. The van der Waals surface area contributed by atoms with Crippen molar-refractivity contribution in [3.05, 3.63) is 10.9 Å². The van der Waals surface area contributed by atoms with Crippen LogP contribution in [0.5, 0.6) is 0 Å². The van der Waals surface area contributed by atoms with Gasteiger partial charge in [0.1, 0.15) is 0 Å². The molecule has 7 heteroatoms. The molecule has 0 spiro atoms. The smallest absolute Gasteiger partial charge is 0.297 e. The van der Waals surface area contributed by atoms with E-state index in [4.69, 9.17) is 0 Å². The molecule has 0 aliphatic carbocycles. The van der Waals surface area contributed by atoms with Gasteiger partial charge in [-0.1, -0.05) is 6.92 Å². The maximum atomic E-state index is 11.9. The molecule has 94 valence electrons. The highest BCUT2D eigenvalue weighted by Crippen LogP contribution is 2.36. The third-order valence-electron chi connectivity index (χ3n) is 2.33. The Morgan fingerprint density at radius 1 is 1.53 bits per heavy atom. The Kier molecular flexibility index (Phi) is 3.13. The fourth-order valence-corrected chi connectivity index (χ4v) is 4.03. The van der Waals surface area contributed by atoms with Crippen molar-refractivity contribution in [2.24, 2.45) is 4.40 Å². The van der Waals surface area contributed by atoms with Gasteiger partial charge in [0, 0.05) is 6.04 Å². The fourth-order valence-electron chi connectivity index (χ4n) is 1.59. The van der Waals surface area contributed by atoms with Crippen molar-refractivity contribution in [3.8, 4) is 0 Å². The number of guanidine groups is 1. The number of thiophene rings is 1. The zero-order valence-corrected chi connectivity index (χ0v) is 11.6. The Balaban J connectivity index is 2.45. The summed E-state index contributed by atoms with van der Waals surface area (Å²) in [6, 6.07) is 0.127. The van der Waals surface area contributed by atoms with Crippen LogP contribution in [0.1, 0.15) is 26.3 Å². The third-order valence-corrected chi connectivity index (χ3v) is 5.17. The van der Waals surface area contributed by atoms with E-state index in [9.17, 15) is 8.42 Å². The number of anilines is 1. The van der Waals surface area contributed by atoms with Gasteiger partial charge in [-0.2, -0.15) is 8.42 Å². The van der Waals surface area contributed by atoms with E-state index in [1.54, 1.807) is 0 Å². The van der Waals surface area contributed by atoms with Gasteiger partial charge < -0.3 is 10.6 Å². The third kappa shape index (κ3) is 2.30. The number of aryl methyl sites for hydroxylation is 1. The van der Waals surface area contributed by atoms with Gasteiger partial charge in [0.15, 0.2) is 4.21 Å². The van der Waals surface area contributed by atoms with E-state index in [-0.39, 0.29) is 6.04 Å². The van der Waals surface area contributed by atoms with E-state index >= 15 is 0 Å².